The quantitative estimate of drug-likeness (QED) is 0.261. The van der Waals surface area contributed by atoms with E-state index in [2.05, 4.69) is 52.9 Å². The number of amides is 1. The third-order valence-electron chi connectivity index (χ3n) is 3.69. The number of rotatable bonds is 8. The molecule has 2 heterocycles. The Hall–Kier alpha value is -2.35. The van der Waals surface area contributed by atoms with Gasteiger partial charge < -0.3 is 20.9 Å². The van der Waals surface area contributed by atoms with Crippen LogP contribution in [-0.4, -0.2) is 45.8 Å². The van der Waals surface area contributed by atoms with Crippen molar-refractivity contribution in [2.24, 2.45) is 0 Å². The number of nitrogens with one attached hydrogen (secondary N) is 3. The SMILES string of the molecule is CN(C)C/C=C/C(=O)Nc1ccc(F)c(Nc2nc(Nc3cc(I)ns3)ncc2Cl)c1. The Morgan fingerprint density at radius 3 is 2.84 bits per heavy atom. The van der Waals surface area contributed by atoms with Gasteiger partial charge in [-0.2, -0.15) is 9.36 Å². The highest BCUT2D eigenvalue weighted by Crippen LogP contribution is 2.28. The number of anilines is 5. The molecule has 0 aliphatic carbocycles. The fourth-order valence-corrected chi connectivity index (χ4v) is 3.81. The van der Waals surface area contributed by atoms with Gasteiger partial charge in [-0.1, -0.05) is 17.7 Å². The van der Waals surface area contributed by atoms with E-state index in [9.17, 15) is 9.18 Å². The van der Waals surface area contributed by atoms with Crippen molar-refractivity contribution >= 4 is 79.8 Å². The number of hydrogen-bond acceptors (Lipinski definition) is 8. The van der Waals surface area contributed by atoms with Crippen molar-refractivity contribution in [1.82, 2.24) is 19.2 Å². The number of hydrogen-bond donors (Lipinski definition) is 3. The normalized spacial score (nSPS) is 11.2. The molecule has 3 aromatic rings. The minimum absolute atomic E-state index is 0.106. The van der Waals surface area contributed by atoms with Crippen LogP contribution in [0.5, 0.6) is 0 Å². The molecule has 8 nitrogen and oxygen atoms in total. The second kappa shape index (κ2) is 10.8. The number of carbonyl (C=O) groups is 1. The molecular formula is C19H18ClFIN7OS. The maximum atomic E-state index is 14.4. The predicted molar refractivity (Wildman–Crippen MR) is 131 cm³/mol. The van der Waals surface area contributed by atoms with Crippen molar-refractivity contribution in [2.45, 2.75) is 0 Å². The smallest absolute Gasteiger partial charge is 0.248 e. The van der Waals surface area contributed by atoms with Crippen molar-refractivity contribution < 1.29 is 9.18 Å². The molecule has 1 aromatic carbocycles. The van der Waals surface area contributed by atoms with E-state index in [0.717, 1.165) is 8.70 Å². The fourth-order valence-electron chi connectivity index (χ4n) is 2.32. The molecule has 2 aromatic heterocycles. The van der Waals surface area contributed by atoms with E-state index in [1.54, 1.807) is 6.08 Å². The molecule has 162 valence electrons. The van der Waals surface area contributed by atoms with E-state index in [1.807, 2.05) is 25.1 Å². The number of benzene rings is 1. The summed E-state index contributed by atoms with van der Waals surface area (Å²) in [6, 6.07) is 6.02. The highest BCUT2D eigenvalue weighted by molar-refractivity contribution is 14.1. The highest BCUT2D eigenvalue weighted by Gasteiger charge is 2.11. The monoisotopic (exact) mass is 573 g/mol. The molecule has 3 N–H and O–H groups in total. The number of aromatic nitrogens is 3. The number of carbonyl (C=O) groups excluding carboxylic acids is 1. The lowest BCUT2D eigenvalue weighted by molar-refractivity contribution is -0.111. The van der Waals surface area contributed by atoms with E-state index in [-0.39, 0.29) is 28.4 Å². The zero-order chi connectivity index (χ0) is 22.4. The third-order valence-corrected chi connectivity index (χ3v) is 5.55. The molecule has 0 aliphatic heterocycles. The summed E-state index contributed by atoms with van der Waals surface area (Å²) in [5.74, 6) is -0.345. The van der Waals surface area contributed by atoms with E-state index >= 15 is 0 Å². The van der Waals surface area contributed by atoms with Crippen LogP contribution < -0.4 is 16.0 Å². The molecule has 0 aliphatic rings. The predicted octanol–water partition coefficient (Wildman–Crippen LogP) is 4.87. The molecule has 0 radical (unpaired) electrons. The molecule has 0 bridgehead atoms. The third kappa shape index (κ3) is 7.09. The molecule has 0 saturated carbocycles. The van der Waals surface area contributed by atoms with Crippen molar-refractivity contribution in [3.63, 3.8) is 0 Å². The van der Waals surface area contributed by atoms with E-state index in [0.29, 0.717) is 12.2 Å². The Balaban J connectivity index is 1.74. The Kier molecular flexibility index (Phi) is 8.12. The van der Waals surface area contributed by atoms with Gasteiger partial charge in [-0.05, 0) is 66.4 Å². The van der Waals surface area contributed by atoms with Crippen LogP contribution in [0.2, 0.25) is 5.02 Å². The standard InChI is InChI=1S/C19H18ClFIN7OS/c1-29(2)7-3-4-16(30)24-11-5-6-13(21)14(8-11)25-18-12(20)10-23-19(27-18)26-17-9-15(22)28-31-17/h3-6,8-10H,7H2,1-2H3,(H,24,30)(H2,23,25,26,27)/b4-3+. The first kappa shape index (κ1) is 23.3. The molecule has 3 rings (SSSR count). The highest BCUT2D eigenvalue weighted by atomic mass is 127. The lowest BCUT2D eigenvalue weighted by atomic mass is 10.2. The Morgan fingerprint density at radius 1 is 1.32 bits per heavy atom. The molecule has 1 amide bonds. The van der Waals surface area contributed by atoms with Crippen LogP contribution in [-0.2, 0) is 4.79 Å². The summed E-state index contributed by atoms with van der Waals surface area (Å²) >= 11 is 9.55. The second-order valence-electron chi connectivity index (χ2n) is 6.50. The van der Waals surface area contributed by atoms with Gasteiger partial charge >= 0.3 is 0 Å². The molecular weight excluding hydrogens is 556 g/mol. The first-order chi connectivity index (χ1) is 14.8. The van der Waals surface area contributed by atoms with Gasteiger partial charge in [-0.25, -0.2) is 9.37 Å². The van der Waals surface area contributed by atoms with Crippen LogP contribution in [0.15, 0.2) is 42.6 Å². The van der Waals surface area contributed by atoms with Crippen molar-refractivity contribution in [2.75, 3.05) is 36.6 Å². The van der Waals surface area contributed by atoms with Crippen LogP contribution in [0.1, 0.15) is 0 Å². The molecule has 31 heavy (non-hydrogen) atoms. The van der Waals surface area contributed by atoms with Gasteiger partial charge in [0.1, 0.15) is 19.5 Å². The van der Waals surface area contributed by atoms with Crippen LogP contribution in [0.4, 0.5) is 32.5 Å². The van der Waals surface area contributed by atoms with Crippen LogP contribution in [0, 0.1) is 9.52 Å². The van der Waals surface area contributed by atoms with Crippen LogP contribution >= 0.6 is 45.7 Å². The Bertz CT molecular complexity index is 1110. The summed E-state index contributed by atoms with van der Waals surface area (Å²) < 4.78 is 19.4. The van der Waals surface area contributed by atoms with Crippen LogP contribution in [0.25, 0.3) is 0 Å². The molecule has 0 atom stereocenters. The summed E-state index contributed by atoms with van der Waals surface area (Å²) in [4.78, 5) is 22.4. The average Bonchev–Trinajstić information content (AvgIpc) is 3.11. The van der Waals surface area contributed by atoms with E-state index in [1.165, 1.54) is 42.0 Å². The minimum atomic E-state index is -0.526. The Morgan fingerprint density at radius 2 is 2.13 bits per heavy atom. The number of nitrogens with zero attached hydrogens (tertiary/aromatic N) is 4. The molecule has 0 fully saturated rings. The zero-order valence-electron chi connectivity index (χ0n) is 16.5. The van der Waals surface area contributed by atoms with Crippen molar-refractivity contribution in [3.05, 3.63) is 57.2 Å². The fraction of sp³-hybridized carbons (Fsp3) is 0.158. The van der Waals surface area contributed by atoms with E-state index in [4.69, 9.17) is 11.6 Å². The summed E-state index contributed by atoms with van der Waals surface area (Å²) in [6.45, 7) is 0.632. The summed E-state index contributed by atoms with van der Waals surface area (Å²) in [6.07, 6.45) is 4.57. The van der Waals surface area contributed by atoms with Crippen molar-refractivity contribution in [1.29, 1.82) is 0 Å². The lowest BCUT2D eigenvalue weighted by Crippen LogP contribution is -2.13. The average molecular weight is 574 g/mol. The molecule has 0 saturated heterocycles. The number of likely N-dealkylation sites (N-methyl/N-ethyl adjacent to an activating group) is 1. The first-order valence-corrected chi connectivity index (χ1v) is 11.1. The van der Waals surface area contributed by atoms with Gasteiger partial charge in [0.25, 0.3) is 0 Å². The summed E-state index contributed by atoms with van der Waals surface area (Å²) in [5.41, 5.74) is 0.528. The van der Waals surface area contributed by atoms with Crippen molar-refractivity contribution in [3.8, 4) is 0 Å². The van der Waals surface area contributed by atoms with Gasteiger partial charge in [0.2, 0.25) is 11.9 Å². The molecule has 0 spiro atoms. The molecule has 12 heteroatoms. The van der Waals surface area contributed by atoms with E-state index < -0.39 is 5.82 Å². The minimum Gasteiger partial charge on any atom is -0.336 e. The van der Waals surface area contributed by atoms with Crippen LogP contribution in [0.3, 0.4) is 0 Å². The molecule has 0 unspecified atom stereocenters. The maximum Gasteiger partial charge on any atom is 0.248 e. The van der Waals surface area contributed by atoms with Gasteiger partial charge in [-0.3, -0.25) is 4.79 Å². The Labute approximate surface area is 201 Å². The van der Waals surface area contributed by atoms with Gasteiger partial charge in [-0.15, -0.1) is 0 Å². The second-order valence-corrected chi connectivity index (χ2v) is 8.82. The summed E-state index contributed by atoms with van der Waals surface area (Å²) in [7, 11) is 3.80. The van der Waals surface area contributed by atoms with Gasteiger partial charge in [0.15, 0.2) is 5.82 Å². The lowest BCUT2D eigenvalue weighted by Gasteiger charge is -2.12. The zero-order valence-corrected chi connectivity index (χ0v) is 20.2. The van der Waals surface area contributed by atoms with Gasteiger partial charge in [0, 0.05) is 24.4 Å². The van der Waals surface area contributed by atoms with Gasteiger partial charge in [0.05, 0.1) is 11.9 Å². The summed E-state index contributed by atoms with van der Waals surface area (Å²) in [5, 5.41) is 9.55. The first-order valence-electron chi connectivity index (χ1n) is 8.91. The largest absolute Gasteiger partial charge is 0.336 e. The topological polar surface area (TPSA) is 95.1 Å². The number of halogens is 3. The maximum absolute atomic E-state index is 14.4.